The second kappa shape index (κ2) is 3.10. The molecule has 16 heavy (non-hydrogen) atoms. The number of rotatable bonds is 1. The van der Waals surface area contributed by atoms with Crippen molar-refractivity contribution in [2.45, 2.75) is 0 Å². The van der Waals surface area contributed by atoms with Crippen molar-refractivity contribution in [2.24, 2.45) is 7.05 Å². The van der Waals surface area contributed by atoms with Crippen molar-refractivity contribution >= 4 is 10.9 Å². The Morgan fingerprint density at radius 3 is 3.00 bits per heavy atom. The first kappa shape index (κ1) is 8.96. The molecule has 80 valence electrons. The fourth-order valence-corrected chi connectivity index (χ4v) is 1.87. The predicted molar refractivity (Wildman–Crippen MR) is 61.1 cm³/mol. The highest BCUT2D eigenvalue weighted by Crippen LogP contribution is 2.24. The first-order chi connectivity index (χ1) is 7.75. The van der Waals surface area contributed by atoms with Crippen molar-refractivity contribution in [1.82, 2.24) is 19.7 Å². The maximum absolute atomic E-state index is 11.5. The molecule has 5 heteroatoms. The van der Waals surface area contributed by atoms with E-state index < -0.39 is 0 Å². The number of nitrogens with zero attached hydrogens (tertiary/aromatic N) is 2. The number of fused-ring (bicyclic) bond motifs is 1. The molecule has 3 aromatic heterocycles. The highest BCUT2D eigenvalue weighted by atomic mass is 16.1. The van der Waals surface area contributed by atoms with Gasteiger partial charge in [0.25, 0.3) is 5.56 Å². The van der Waals surface area contributed by atoms with E-state index in [-0.39, 0.29) is 5.56 Å². The van der Waals surface area contributed by atoms with Crippen LogP contribution in [0.5, 0.6) is 0 Å². The second-order valence-electron chi connectivity index (χ2n) is 3.70. The van der Waals surface area contributed by atoms with Gasteiger partial charge in [-0.1, -0.05) is 0 Å². The molecule has 0 radical (unpaired) electrons. The van der Waals surface area contributed by atoms with Crippen molar-refractivity contribution in [3.8, 4) is 11.1 Å². The standard InChI is InChI=1S/C11H10N4O/c1-15-6-7(4-14-15)9-5-13-11(16)10-8(9)2-3-12-10/h2-6,12H,1H3,(H,13,16). The third-order valence-corrected chi connectivity index (χ3v) is 2.63. The minimum Gasteiger partial charge on any atom is -0.357 e. The van der Waals surface area contributed by atoms with E-state index in [2.05, 4.69) is 15.1 Å². The van der Waals surface area contributed by atoms with E-state index >= 15 is 0 Å². The summed E-state index contributed by atoms with van der Waals surface area (Å²) in [4.78, 5) is 17.2. The Hall–Kier alpha value is -2.30. The summed E-state index contributed by atoms with van der Waals surface area (Å²) in [6.07, 6.45) is 7.18. The van der Waals surface area contributed by atoms with Crippen LogP contribution in [0.4, 0.5) is 0 Å². The van der Waals surface area contributed by atoms with Crippen LogP contribution in [0.3, 0.4) is 0 Å². The smallest absolute Gasteiger partial charge is 0.272 e. The van der Waals surface area contributed by atoms with Crippen molar-refractivity contribution in [3.05, 3.63) is 41.2 Å². The van der Waals surface area contributed by atoms with Crippen LogP contribution in [0.2, 0.25) is 0 Å². The summed E-state index contributed by atoms with van der Waals surface area (Å²) in [5.74, 6) is 0. The SMILES string of the molecule is Cn1cc(-c2c[nH]c(=O)c3[nH]ccc23)cn1. The lowest BCUT2D eigenvalue weighted by atomic mass is 10.1. The molecule has 0 aromatic carbocycles. The fourth-order valence-electron chi connectivity index (χ4n) is 1.87. The molecule has 5 nitrogen and oxygen atoms in total. The molecule has 0 spiro atoms. The third-order valence-electron chi connectivity index (χ3n) is 2.63. The summed E-state index contributed by atoms with van der Waals surface area (Å²) in [5, 5.41) is 5.03. The van der Waals surface area contributed by atoms with E-state index in [9.17, 15) is 4.79 Å². The lowest BCUT2D eigenvalue weighted by Crippen LogP contribution is -2.05. The van der Waals surface area contributed by atoms with Crippen molar-refractivity contribution in [2.75, 3.05) is 0 Å². The zero-order chi connectivity index (χ0) is 11.1. The van der Waals surface area contributed by atoms with Crippen molar-refractivity contribution in [1.29, 1.82) is 0 Å². The van der Waals surface area contributed by atoms with E-state index in [0.717, 1.165) is 16.5 Å². The molecule has 3 aromatic rings. The van der Waals surface area contributed by atoms with Crippen LogP contribution < -0.4 is 5.56 Å². The number of H-pyrrole nitrogens is 2. The zero-order valence-electron chi connectivity index (χ0n) is 8.69. The maximum atomic E-state index is 11.5. The Labute approximate surface area is 90.7 Å². The summed E-state index contributed by atoms with van der Waals surface area (Å²) in [6, 6.07) is 1.90. The lowest BCUT2D eigenvalue weighted by Gasteiger charge is -1.98. The van der Waals surface area contributed by atoms with Crippen LogP contribution in [-0.2, 0) is 7.05 Å². The summed E-state index contributed by atoms with van der Waals surface area (Å²) in [5.41, 5.74) is 2.46. The predicted octanol–water partition coefficient (Wildman–Crippen LogP) is 1.26. The van der Waals surface area contributed by atoms with Gasteiger partial charge < -0.3 is 9.97 Å². The van der Waals surface area contributed by atoms with Crippen LogP contribution >= 0.6 is 0 Å². The number of pyridine rings is 1. The Bertz CT molecular complexity index is 704. The van der Waals surface area contributed by atoms with Gasteiger partial charge in [-0.15, -0.1) is 0 Å². The van der Waals surface area contributed by atoms with Gasteiger partial charge in [-0.2, -0.15) is 5.10 Å². The lowest BCUT2D eigenvalue weighted by molar-refractivity contribution is 0.768. The Morgan fingerprint density at radius 2 is 2.25 bits per heavy atom. The normalized spacial score (nSPS) is 11.1. The van der Waals surface area contributed by atoms with Gasteiger partial charge in [-0.25, -0.2) is 0 Å². The Balaban J connectivity index is 2.36. The number of aromatic amines is 2. The van der Waals surface area contributed by atoms with Crippen LogP contribution in [0.15, 0.2) is 35.6 Å². The van der Waals surface area contributed by atoms with Crippen molar-refractivity contribution < 1.29 is 0 Å². The molecule has 0 aliphatic heterocycles. The van der Waals surface area contributed by atoms with E-state index in [0.29, 0.717) is 5.52 Å². The Kier molecular flexibility index (Phi) is 1.73. The summed E-state index contributed by atoms with van der Waals surface area (Å²) >= 11 is 0. The minimum atomic E-state index is -0.104. The first-order valence-electron chi connectivity index (χ1n) is 4.93. The monoisotopic (exact) mass is 214 g/mol. The maximum Gasteiger partial charge on any atom is 0.272 e. The number of hydrogen-bond donors (Lipinski definition) is 2. The summed E-state index contributed by atoms with van der Waals surface area (Å²) in [7, 11) is 1.86. The molecule has 0 fully saturated rings. The molecule has 2 N–H and O–H groups in total. The number of hydrogen-bond acceptors (Lipinski definition) is 2. The first-order valence-corrected chi connectivity index (χ1v) is 4.93. The molecule has 0 aliphatic rings. The highest BCUT2D eigenvalue weighted by Gasteiger charge is 2.08. The van der Waals surface area contributed by atoms with Gasteiger partial charge in [-0.05, 0) is 6.07 Å². The molecule has 3 heterocycles. The van der Waals surface area contributed by atoms with Gasteiger partial charge >= 0.3 is 0 Å². The van der Waals surface area contributed by atoms with Gasteiger partial charge in [-0.3, -0.25) is 9.48 Å². The summed E-state index contributed by atoms with van der Waals surface area (Å²) in [6.45, 7) is 0. The van der Waals surface area contributed by atoms with Crippen LogP contribution in [0.1, 0.15) is 0 Å². The third kappa shape index (κ3) is 1.18. The number of aryl methyl sites for hydroxylation is 1. The molecule has 0 bridgehead atoms. The van der Waals surface area contributed by atoms with Gasteiger partial charge in [0.2, 0.25) is 0 Å². The number of nitrogens with one attached hydrogen (secondary N) is 2. The zero-order valence-corrected chi connectivity index (χ0v) is 8.69. The molecule has 0 saturated heterocycles. The van der Waals surface area contributed by atoms with Crippen LogP contribution in [0.25, 0.3) is 22.0 Å². The van der Waals surface area contributed by atoms with Gasteiger partial charge in [0, 0.05) is 42.2 Å². The van der Waals surface area contributed by atoms with E-state index in [4.69, 9.17) is 0 Å². The van der Waals surface area contributed by atoms with Crippen LogP contribution in [-0.4, -0.2) is 19.7 Å². The van der Waals surface area contributed by atoms with Gasteiger partial charge in [0.1, 0.15) is 5.52 Å². The topological polar surface area (TPSA) is 66.5 Å². The van der Waals surface area contributed by atoms with Crippen LogP contribution in [0, 0.1) is 0 Å². The van der Waals surface area contributed by atoms with E-state index in [1.165, 1.54) is 0 Å². The molecule has 0 aliphatic carbocycles. The minimum absolute atomic E-state index is 0.104. The molecule has 0 unspecified atom stereocenters. The second-order valence-corrected chi connectivity index (χ2v) is 3.70. The fraction of sp³-hybridized carbons (Fsp3) is 0.0909. The van der Waals surface area contributed by atoms with Gasteiger partial charge in [0.15, 0.2) is 0 Å². The number of aromatic nitrogens is 4. The largest absolute Gasteiger partial charge is 0.357 e. The average molecular weight is 214 g/mol. The van der Waals surface area contributed by atoms with E-state index in [1.54, 1.807) is 23.3 Å². The molecular formula is C11H10N4O. The summed E-state index contributed by atoms with van der Waals surface area (Å²) < 4.78 is 1.74. The van der Waals surface area contributed by atoms with Crippen molar-refractivity contribution in [3.63, 3.8) is 0 Å². The molecular weight excluding hydrogens is 204 g/mol. The van der Waals surface area contributed by atoms with Gasteiger partial charge in [0.05, 0.1) is 6.20 Å². The Morgan fingerprint density at radius 1 is 1.38 bits per heavy atom. The quantitative estimate of drug-likeness (QED) is 0.640. The molecule has 0 atom stereocenters. The molecule has 0 saturated carbocycles. The highest BCUT2D eigenvalue weighted by molar-refractivity contribution is 5.93. The molecule has 3 rings (SSSR count). The average Bonchev–Trinajstić information content (AvgIpc) is 2.87. The van der Waals surface area contributed by atoms with E-state index in [1.807, 2.05) is 19.3 Å². The molecule has 0 amide bonds.